The van der Waals surface area contributed by atoms with Crippen molar-refractivity contribution in [2.75, 3.05) is 5.32 Å². The number of carbonyl (C=O) groups excluding carboxylic acids is 1. The fourth-order valence-corrected chi connectivity index (χ4v) is 3.08. The zero-order valence-electron chi connectivity index (χ0n) is 13.0. The van der Waals surface area contributed by atoms with E-state index in [1.165, 1.54) is 0 Å². The summed E-state index contributed by atoms with van der Waals surface area (Å²) in [6.45, 7) is 0. The van der Waals surface area contributed by atoms with Gasteiger partial charge in [-0.3, -0.25) is 4.79 Å². The Hall–Kier alpha value is -2.58. The van der Waals surface area contributed by atoms with Crippen LogP contribution in [-0.4, -0.2) is 16.0 Å². The van der Waals surface area contributed by atoms with Gasteiger partial charge in [0, 0.05) is 11.3 Å². The summed E-state index contributed by atoms with van der Waals surface area (Å²) in [5.74, 6) is 0.395. The van der Waals surface area contributed by atoms with Crippen LogP contribution in [0.3, 0.4) is 0 Å². The first kappa shape index (κ1) is 16.9. The average Bonchev–Trinajstić information content (AvgIpc) is 3.23. The first-order valence-corrected chi connectivity index (χ1v) is 9.04. The molecule has 0 radical (unpaired) electrons. The van der Waals surface area contributed by atoms with Crippen molar-refractivity contribution in [2.45, 2.75) is 0 Å². The van der Waals surface area contributed by atoms with Gasteiger partial charge < -0.3 is 19.3 Å². The van der Waals surface area contributed by atoms with E-state index in [1.54, 1.807) is 48.5 Å². The molecule has 4 rings (SSSR count). The van der Waals surface area contributed by atoms with Crippen LogP contribution in [0.2, 0.25) is 0 Å². The number of furan rings is 1. The quantitative estimate of drug-likeness (QED) is 0.402. The van der Waals surface area contributed by atoms with Gasteiger partial charge in [0.15, 0.2) is 16.0 Å². The number of phenols is 1. The van der Waals surface area contributed by atoms with Crippen molar-refractivity contribution in [2.24, 2.45) is 0 Å². The zero-order valence-corrected chi connectivity index (χ0v) is 16.2. The number of amides is 1. The van der Waals surface area contributed by atoms with Gasteiger partial charge in [-0.1, -0.05) is 0 Å². The SMILES string of the molecule is O=C(Nc1ccc2oc(-c3ccc(O)c(Br)c3)nc2c1)c1ccc(Br)o1. The summed E-state index contributed by atoms with van der Waals surface area (Å²) in [6.07, 6.45) is 0. The van der Waals surface area contributed by atoms with E-state index in [9.17, 15) is 9.90 Å². The minimum atomic E-state index is -0.360. The standard InChI is InChI=1S/C18H10Br2N2O4/c19-11-7-9(1-3-13(11)23)18-22-12-8-10(2-4-14(12)26-18)21-17(24)15-5-6-16(20)25-15/h1-8,23H,(H,21,24). The number of phenolic OH excluding ortho intramolecular Hbond substituents is 1. The Morgan fingerprint density at radius 1 is 1.04 bits per heavy atom. The summed E-state index contributed by atoms with van der Waals surface area (Å²) < 4.78 is 12.0. The molecule has 2 aromatic heterocycles. The maximum absolute atomic E-state index is 12.2. The van der Waals surface area contributed by atoms with E-state index in [2.05, 4.69) is 42.2 Å². The minimum Gasteiger partial charge on any atom is -0.507 e. The Labute approximate surface area is 164 Å². The van der Waals surface area contributed by atoms with E-state index in [4.69, 9.17) is 8.83 Å². The van der Waals surface area contributed by atoms with E-state index < -0.39 is 0 Å². The molecule has 0 bridgehead atoms. The molecule has 1 amide bonds. The number of fused-ring (bicyclic) bond motifs is 1. The van der Waals surface area contributed by atoms with Crippen molar-refractivity contribution >= 4 is 54.6 Å². The predicted molar refractivity (Wildman–Crippen MR) is 103 cm³/mol. The Bertz CT molecular complexity index is 1130. The van der Waals surface area contributed by atoms with Gasteiger partial charge in [0.2, 0.25) is 5.89 Å². The van der Waals surface area contributed by atoms with E-state index >= 15 is 0 Å². The van der Waals surface area contributed by atoms with Crippen molar-refractivity contribution in [3.8, 4) is 17.2 Å². The molecule has 0 spiro atoms. The van der Waals surface area contributed by atoms with Gasteiger partial charge in [0.05, 0.1) is 4.47 Å². The number of nitrogens with one attached hydrogen (secondary N) is 1. The Morgan fingerprint density at radius 3 is 2.62 bits per heavy atom. The lowest BCUT2D eigenvalue weighted by atomic mass is 10.2. The Kier molecular flexibility index (Phi) is 4.29. The highest BCUT2D eigenvalue weighted by atomic mass is 79.9. The van der Waals surface area contributed by atoms with Gasteiger partial charge >= 0.3 is 0 Å². The topological polar surface area (TPSA) is 88.5 Å². The van der Waals surface area contributed by atoms with Crippen molar-refractivity contribution < 1.29 is 18.7 Å². The molecule has 0 saturated carbocycles. The molecule has 6 nitrogen and oxygen atoms in total. The zero-order chi connectivity index (χ0) is 18.3. The summed E-state index contributed by atoms with van der Waals surface area (Å²) in [7, 11) is 0. The third kappa shape index (κ3) is 3.25. The van der Waals surface area contributed by atoms with Crippen LogP contribution in [0.5, 0.6) is 5.75 Å². The van der Waals surface area contributed by atoms with Crippen LogP contribution in [0.4, 0.5) is 5.69 Å². The van der Waals surface area contributed by atoms with E-state index in [0.29, 0.717) is 31.8 Å². The van der Waals surface area contributed by atoms with Crippen LogP contribution < -0.4 is 5.32 Å². The second-order valence-electron chi connectivity index (χ2n) is 5.43. The summed E-state index contributed by atoms with van der Waals surface area (Å²) in [6, 6.07) is 13.4. The van der Waals surface area contributed by atoms with Crippen molar-refractivity contribution in [1.29, 1.82) is 0 Å². The largest absolute Gasteiger partial charge is 0.507 e. The first-order valence-electron chi connectivity index (χ1n) is 7.46. The molecule has 2 heterocycles. The van der Waals surface area contributed by atoms with Gasteiger partial charge in [-0.2, -0.15) is 0 Å². The molecule has 26 heavy (non-hydrogen) atoms. The Morgan fingerprint density at radius 2 is 1.88 bits per heavy atom. The number of hydrogen-bond acceptors (Lipinski definition) is 5. The number of carbonyl (C=O) groups is 1. The number of benzene rings is 2. The van der Waals surface area contributed by atoms with Crippen LogP contribution >= 0.6 is 31.9 Å². The lowest BCUT2D eigenvalue weighted by molar-refractivity contribution is 0.0995. The van der Waals surface area contributed by atoms with Crippen molar-refractivity contribution in [3.05, 3.63) is 63.4 Å². The molecule has 0 atom stereocenters. The molecule has 2 N–H and O–H groups in total. The van der Waals surface area contributed by atoms with Gasteiger partial charge in [0.25, 0.3) is 5.91 Å². The van der Waals surface area contributed by atoms with Crippen LogP contribution in [0.1, 0.15) is 10.6 Å². The number of nitrogens with zero attached hydrogens (tertiary/aromatic N) is 1. The summed E-state index contributed by atoms with van der Waals surface area (Å²) in [5, 5.41) is 12.4. The number of oxazole rings is 1. The molecule has 0 saturated heterocycles. The lowest BCUT2D eigenvalue weighted by Gasteiger charge is -2.02. The normalized spacial score (nSPS) is 11.0. The lowest BCUT2D eigenvalue weighted by Crippen LogP contribution is -2.10. The molecular formula is C18H10Br2N2O4. The molecule has 0 unspecified atom stereocenters. The number of aromatic hydroxyl groups is 1. The molecule has 0 aliphatic heterocycles. The van der Waals surface area contributed by atoms with Gasteiger partial charge in [-0.25, -0.2) is 4.98 Å². The van der Waals surface area contributed by atoms with Crippen molar-refractivity contribution in [1.82, 2.24) is 4.98 Å². The van der Waals surface area contributed by atoms with Crippen LogP contribution in [0.25, 0.3) is 22.6 Å². The molecule has 0 aliphatic carbocycles. The summed E-state index contributed by atoms with van der Waals surface area (Å²) >= 11 is 6.44. The highest BCUT2D eigenvalue weighted by Crippen LogP contribution is 2.31. The fourth-order valence-electron chi connectivity index (χ4n) is 2.40. The minimum absolute atomic E-state index is 0.138. The molecule has 4 aromatic rings. The summed E-state index contributed by atoms with van der Waals surface area (Å²) in [4.78, 5) is 16.6. The van der Waals surface area contributed by atoms with E-state index in [1.807, 2.05) is 0 Å². The van der Waals surface area contributed by atoms with Gasteiger partial charge in [-0.05, 0) is 80.4 Å². The maximum Gasteiger partial charge on any atom is 0.291 e. The molecule has 8 heteroatoms. The molecule has 130 valence electrons. The van der Waals surface area contributed by atoms with E-state index in [0.717, 1.165) is 5.56 Å². The van der Waals surface area contributed by atoms with Crippen LogP contribution in [0, 0.1) is 0 Å². The van der Waals surface area contributed by atoms with Gasteiger partial charge in [0.1, 0.15) is 11.3 Å². The average molecular weight is 478 g/mol. The Balaban J connectivity index is 1.63. The second kappa shape index (κ2) is 6.62. The number of rotatable bonds is 3. The highest BCUT2D eigenvalue weighted by molar-refractivity contribution is 9.10. The van der Waals surface area contributed by atoms with Gasteiger partial charge in [-0.15, -0.1) is 0 Å². The number of hydrogen-bond donors (Lipinski definition) is 2. The van der Waals surface area contributed by atoms with Crippen molar-refractivity contribution in [3.63, 3.8) is 0 Å². The van der Waals surface area contributed by atoms with Crippen LogP contribution in [-0.2, 0) is 0 Å². The molecule has 0 fully saturated rings. The molecular weight excluding hydrogens is 468 g/mol. The second-order valence-corrected chi connectivity index (χ2v) is 7.06. The predicted octanol–water partition coefficient (Wildman–Crippen LogP) is 5.57. The highest BCUT2D eigenvalue weighted by Gasteiger charge is 2.13. The number of halogens is 2. The van der Waals surface area contributed by atoms with E-state index in [-0.39, 0.29) is 17.4 Å². The fraction of sp³-hybridized carbons (Fsp3) is 0. The third-order valence-electron chi connectivity index (χ3n) is 3.64. The maximum atomic E-state index is 12.2. The monoisotopic (exact) mass is 476 g/mol. The summed E-state index contributed by atoms with van der Waals surface area (Å²) in [5.41, 5.74) is 2.48. The smallest absolute Gasteiger partial charge is 0.291 e. The van der Waals surface area contributed by atoms with Crippen LogP contribution in [0.15, 0.2) is 66.5 Å². The molecule has 0 aliphatic rings. The number of anilines is 1. The first-order chi connectivity index (χ1) is 12.5. The third-order valence-corrected chi connectivity index (χ3v) is 4.70. The number of aromatic nitrogens is 1. The molecule has 2 aromatic carbocycles.